The molecule has 8 nitrogen and oxygen atoms in total. The molecule has 1 aromatic heterocycles. The van der Waals surface area contributed by atoms with E-state index >= 15 is 0 Å². The van der Waals surface area contributed by atoms with Crippen LogP contribution in [-0.4, -0.2) is 51.9 Å². The average Bonchev–Trinajstić information content (AvgIpc) is 3.31. The summed E-state index contributed by atoms with van der Waals surface area (Å²) in [7, 11) is 1.65. The Balaban J connectivity index is 1.66. The van der Waals surface area contributed by atoms with Crippen molar-refractivity contribution in [3.8, 4) is 6.07 Å². The third-order valence-electron chi connectivity index (χ3n) is 6.70. The SMILES string of the molecule is CCC[C@H](NC1CCc2cc(F)cc(F)c2C1)C(=O)Nc1cn(C(C)(C)C(=O)N(C)CCC#N)cn1. The number of imidazole rings is 1. The molecule has 10 heteroatoms. The normalized spacial score (nSPS) is 16.1. The van der Waals surface area contributed by atoms with Gasteiger partial charge in [-0.1, -0.05) is 13.3 Å². The number of benzene rings is 1. The molecular formula is C26H34F2N6O2. The number of nitriles is 1. The number of aromatic nitrogens is 2. The standard InChI is InChI=1S/C26H34F2N6O2/c1-5-7-22(31-19-9-8-17-12-18(27)13-21(28)20(17)14-19)24(35)32-23-15-34(16-30-23)26(2,3)25(36)33(4)11-6-10-29/h12-13,15-16,19,22,31H,5-9,11,14H2,1-4H3,(H,32,35)/t19?,22-/m0/s1. The van der Waals surface area contributed by atoms with E-state index in [2.05, 4.69) is 15.6 Å². The molecule has 1 aliphatic carbocycles. The third-order valence-corrected chi connectivity index (χ3v) is 6.70. The average molecular weight is 501 g/mol. The number of halogens is 2. The summed E-state index contributed by atoms with van der Waals surface area (Å²) in [4.78, 5) is 31.7. The largest absolute Gasteiger partial charge is 0.343 e. The molecule has 1 unspecified atom stereocenters. The van der Waals surface area contributed by atoms with Crippen LogP contribution in [0.25, 0.3) is 0 Å². The van der Waals surface area contributed by atoms with Gasteiger partial charge in [-0.15, -0.1) is 0 Å². The van der Waals surface area contributed by atoms with E-state index in [-0.39, 0.29) is 24.3 Å². The quantitative estimate of drug-likeness (QED) is 0.520. The van der Waals surface area contributed by atoms with E-state index in [0.717, 1.165) is 12.5 Å². The number of aryl methyl sites for hydroxylation is 1. The number of nitrogens with zero attached hydrogens (tertiary/aromatic N) is 4. The summed E-state index contributed by atoms with van der Waals surface area (Å²) >= 11 is 0. The summed E-state index contributed by atoms with van der Waals surface area (Å²) in [6, 6.07) is 3.69. The molecule has 2 amide bonds. The van der Waals surface area contributed by atoms with Crippen LogP contribution in [0.1, 0.15) is 57.6 Å². The van der Waals surface area contributed by atoms with Crippen molar-refractivity contribution in [2.24, 2.45) is 0 Å². The van der Waals surface area contributed by atoms with Crippen LogP contribution >= 0.6 is 0 Å². The number of carbonyl (C=O) groups is 2. The molecule has 0 fully saturated rings. The van der Waals surface area contributed by atoms with Crippen LogP contribution in [-0.2, 0) is 28.0 Å². The monoisotopic (exact) mass is 500 g/mol. The molecule has 0 saturated heterocycles. The summed E-state index contributed by atoms with van der Waals surface area (Å²) in [5.74, 6) is -1.24. The number of anilines is 1. The van der Waals surface area contributed by atoms with Crippen molar-refractivity contribution in [2.75, 3.05) is 18.9 Å². The molecule has 2 N–H and O–H groups in total. The summed E-state index contributed by atoms with van der Waals surface area (Å²) in [6.45, 7) is 5.80. The van der Waals surface area contributed by atoms with Crippen LogP contribution in [0.15, 0.2) is 24.7 Å². The molecule has 36 heavy (non-hydrogen) atoms. The molecule has 194 valence electrons. The van der Waals surface area contributed by atoms with Gasteiger partial charge >= 0.3 is 0 Å². The van der Waals surface area contributed by atoms with Crippen molar-refractivity contribution in [1.29, 1.82) is 5.26 Å². The zero-order chi connectivity index (χ0) is 26.5. The van der Waals surface area contributed by atoms with Crippen molar-refractivity contribution >= 4 is 17.6 Å². The van der Waals surface area contributed by atoms with Gasteiger partial charge in [0.05, 0.1) is 24.9 Å². The number of hydrogen-bond donors (Lipinski definition) is 2. The highest BCUT2D eigenvalue weighted by Gasteiger charge is 2.33. The maximum Gasteiger partial charge on any atom is 0.248 e. The zero-order valence-corrected chi connectivity index (χ0v) is 21.3. The molecule has 1 aromatic carbocycles. The van der Waals surface area contributed by atoms with E-state index < -0.39 is 23.2 Å². The van der Waals surface area contributed by atoms with Crippen LogP contribution in [0.3, 0.4) is 0 Å². The number of likely N-dealkylation sites (N-methyl/N-ethyl adjacent to an activating group) is 1. The number of fused-ring (bicyclic) bond motifs is 1. The van der Waals surface area contributed by atoms with Crippen LogP contribution in [0.4, 0.5) is 14.6 Å². The van der Waals surface area contributed by atoms with Gasteiger partial charge in [-0.05, 0) is 56.7 Å². The fraction of sp³-hybridized carbons (Fsp3) is 0.538. The Kier molecular flexibility index (Phi) is 8.79. The highest BCUT2D eigenvalue weighted by atomic mass is 19.1. The summed E-state index contributed by atoms with van der Waals surface area (Å²) in [5, 5.41) is 15.0. The first-order valence-electron chi connectivity index (χ1n) is 12.3. The van der Waals surface area contributed by atoms with E-state index in [4.69, 9.17) is 5.26 Å². The van der Waals surface area contributed by atoms with E-state index in [1.807, 2.05) is 13.0 Å². The van der Waals surface area contributed by atoms with Gasteiger partial charge in [0.1, 0.15) is 17.2 Å². The van der Waals surface area contributed by atoms with Crippen molar-refractivity contribution in [1.82, 2.24) is 19.8 Å². The lowest BCUT2D eigenvalue weighted by Gasteiger charge is -2.30. The molecule has 2 aromatic rings. The maximum absolute atomic E-state index is 14.3. The lowest BCUT2D eigenvalue weighted by Crippen LogP contribution is -2.48. The fourth-order valence-electron chi connectivity index (χ4n) is 4.60. The van der Waals surface area contributed by atoms with E-state index in [1.54, 1.807) is 31.7 Å². The Morgan fingerprint density at radius 2 is 2.11 bits per heavy atom. The van der Waals surface area contributed by atoms with Gasteiger partial charge in [-0.2, -0.15) is 5.26 Å². The minimum Gasteiger partial charge on any atom is -0.343 e. The third kappa shape index (κ3) is 6.26. The number of hydrogen-bond acceptors (Lipinski definition) is 5. The smallest absolute Gasteiger partial charge is 0.248 e. The summed E-state index contributed by atoms with van der Waals surface area (Å²) in [5.41, 5.74) is 0.226. The number of amides is 2. The highest BCUT2D eigenvalue weighted by Crippen LogP contribution is 2.26. The van der Waals surface area contributed by atoms with Gasteiger partial charge in [-0.3, -0.25) is 9.59 Å². The minimum atomic E-state index is -0.958. The van der Waals surface area contributed by atoms with Crippen molar-refractivity contribution in [2.45, 2.75) is 76.9 Å². The molecule has 0 bridgehead atoms. The number of carbonyl (C=O) groups excluding carboxylic acids is 2. The van der Waals surface area contributed by atoms with Gasteiger partial charge in [0, 0.05) is 31.9 Å². The van der Waals surface area contributed by atoms with Gasteiger partial charge in [0.25, 0.3) is 0 Å². The van der Waals surface area contributed by atoms with Crippen LogP contribution in [0, 0.1) is 23.0 Å². The van der Waals surface area contributed by atoms with Crippen LogP contribution < -0.4 is 10.6 Å². The van der Waals surface area contributed by atoms with Gasteiger partial charge < -0.3 is 20.1 Å². The molecule has 2 atom stereocenters. The Bertz CT molecular complexity index is 1140. The summed E-state index contributed by atoms with van der Waals surface area (Å²) in [6.07, 6.45) is 6.29. The molecule has 0 aliphatic heterocycles. The molecule has 0 spiro atoms. The molecule has 1 heterocycles. The molecule has 3 rings (SSSR count). The Morgan fingerprint density at radius 1 is 1.36 bits per heavy atom. The highest BCUT2D eigenvalue weighted by molar-refractivity contribution is 5.94. The van der Waals surface area contributed by atoms with Gasteiger partial charge in [-0.25, -0.2) is 13.8 Å². The van der Waals surface area contributed by atoms with Crippen molar-refractivity contribution in [3.05, 3.63) is 47.4 Å². The second-order valence-electron chi connectivity index (χ2n) is 9.82. The first-order chi connectivity index (χ1) is 17.1. The lowest BCUT2D eigenvalue weighted by atomic mass is 9.87. The molecule has 1 aliphatic rings. The molecular weight excluding hydrogens is 466 g/mol. The maximum atomic E-state index is 14.3. The number of rotatable bonds is 10. The molecule has 0 radical (unpaired) electrons. The van der Waals surface area contributed by atoms with Gasteiger partial charge in [0.15, 0.2) is 5.82 Å². The fourth-order valence-corrected chi connectivity index (χ4v) is 4.60. The Morgan fingerprint density at radius 3 is 2.81 bits per heavy atom. The lowest BCUT2D eigenvalue weighted by molar-refractivity contribution is -0.137. The topological polar surface area (TPSA) is 103 Å². The van der Waals surface area contributed by atoms with E-state index in [1.165, 1.54) is 17.3 Å². The van der Waals surface area contributed by atoms with Crippen molar-refractivity contribution < 1.29 is 18.4 Å². The van der Waals surface area contributed by atoms with Gasteiger partial charge in [0.2, 0.25) is 11.8 Å². The first kappa shape index (κ1) is 27.3. The van der Waals surface area contributed by atoms with Crippen molar-refractivity contribution in [3.63, 3.8) is 0 Å². The second kappa shape index (κ2) is 11.6. The predicted octanol–water partition coefficient (Wildman–Crippen LogP) is 3.52. The van der Waals surface area contributed by atoms with Crippen LogP contribution in [0.2, 0.25) is 0 Å². The first-order valence-corrected chi connectivity index (χ1v) is 12.3. The second-order valence-corrected chi connectivity index (χ2v) is 9.82. The van der Waals surface area contributed by atoms with Crippen LogP contribution in [0.5, 0.6) is 0 Å². The Hall–Kier alpha value is -3.32. The zero-order valence-electron chi connectivity index (χ0n) is 21.3. The van der Waals surface area contributed by atoms with E-state index in [0.29, 0.717) is 49.2 Å². The predicted molar refractivity (Wildman–Crippen MR) is 132 cm³/mol. The minimum absolute atomic E-state index is 0.113. The summed E-state index contributed by atoms with van der Waals surface area (Å²) < 4.78 is 29.5. The van der Waals surface area contributed by atoms with E-state index in [9.17, 15) is 18.4 Å². The molecule has 0 saturated carbocycles. The Labute approximate surface area is 210 Å². The number of nitrogens with one attached hydrogen (secondary N) is 2.